The van der Waals surface area contributed by atoms with Gasteiger partial charge in [0.2, 0.25) is 0 Å². The number of imidazole rings is 1. The van der Waals surface area contributed by atoms with E-state index in [1.165, 1.54) is 6.08 Å². The summed E-state index contributed by atoms with van der Waals surface area (Å²) in [5, 5.41) is 9.44. The number of aromatic nitrogens is 2. The van der Waals surface area contributed by atoms with Crippen LogP contribution in [0.15, 0.2) is 43.2 Å². The molecule has 0 amide bonds. The first-order valence-electron chi connectivity index (χ1n) is 4.05. The Hall–Kier alpha value is -1.61. The van der Waals surface area contributed by atoms with E-state index in [1.54, 1.807) is 6.20 Å². The van der Waals surface area contributed by atoms with Crippen molar-refractivity contribution < 1.29 is 5.11 Å². The van der Waals surface area contributed by atoms with Crippen LogP contribution in [0.4, 0.5) is 0 Å². The van der Waals surface area contributed by atoms with Crippen molar-refractivity contribution in [2.75, 3.05) is 0 Å². The van der Waals surface area contributed by atoms with Gasteiger partial charge in [-0.3, -0.25) is 0 Å². The molecule has 2 aromatic heterocycles. The predicted octanol–water partition coefficient (Wildman–Crippen LogP) is 1.55. The SMILES string of the molecule is C=CC(O)c1cn2ccccc2n1. The first-order chi connectivity index (χ1) is 6.31. The highest BCUT2D eigenvalue weighted by Gasteiger charge is 2.06. The molecule has 3 heteroatoms. The highest BCUT2D eigenvalue weighted by molar-refractivity contribution is 5.40. The Morgan fingerprint density at radius 1 is 1.54 bits per heavy atom. The lowest BCUT2D eigenvalue weighted by Gasteiger charge is -1.96. The van der Waals surface area contributed by atoms with Crippen molar-refractivity contribution in [1.82, 2.24) is 9.38 Å². The number of aliphatic hydroxyl groups excluding tert-OH is 1. The highest BCUT2D eigenvalue weighted by Crippen LogP contribution is 2.13. The molecule has 0 fully saturated rings. The fraction of sp³-hybridized carbons (Fsp3) is 0.100. The minimum Gasteiger partial charge on any atom is -0.383 e. The van der Waals surface area contributed by atoms with Crippen molar-refractivity contribution in [3.63, 3.8) is 0 Å². The van der Waals surface area contributed by atoms with Gasteiger partial charge in [0.05, 0.1) is 5.69 Å². The summed E-state index contributed by atoms with van der Waals surface area (Å²) in [6, 6.07) is 5.71. The van der Waals surface area contributed by atoms with E-state index < -0.39 is 6.10 Å². The number of nitrogens with zero attached hydrogens (tertiary/aromatic N) is 2. The van der Waals surface area contributed by atoms with Crippen LogP contribution in [-0.2, 0) is 0 Å². The summed E-state index contributed by atoms with van der Waals surface area (Å²) in [5.74, 6) is 0. The Morgan fingerprint density at radius 2 is 2.38 bits per heavy atom. The summed E-state index contributed by atoms with van der Waals surface area (Å²) >= 11 is 0. The summed E-state index contributed by atoms with van der Waals surface area (Å²) in [4.78, 5) is 4.23. The molecule has 0 aliphatic heterocycles. The molecule has 0 aliphatic rings. The number of hydrogen-bond acceptors (Lipinski definition) is 2. The Labute approximate surface area is 76.0 Å². The molecular formula is C10H10N2O. The molecule has 2 aromatic rings. The quantitative estimate of drug-likeness (QED) is 0.701. The summed E-state index contributed by atoms with van der Waals surface area (Å²) < 4.78 is 1.86. The van der Waals surface area contributed by atoms with E-state index in [4.69, 9.17) is 0 Å². The van der Waals surface area contributed by atoms with Gasteiger partial charge in [0.15, 0.2) is 0 Å². The first kappa shape index (κ1) is 8.01. The number of hydrogen-bond donors (Lipinski definition) is 1. The van der Waals surface area contributed by atoms with Crippen molar-refractivity contribution in [3.8, 4) is 0 Å². The van der Waals surface area contributed by atoms with Gasteiger partial charge in [-0.25, -0.2) is 4.98 Å². The molecule has 0 aromatic carbocycles. The van der Waals surface area contributed by atoms with Crippen LogP contribution in [0.2, 0.25) is 0 Å². The Balaban J connectivity index is 2.55. The molecule has 1 N–H and O–H groups in total. The molecule has 66 valence electrons. The number of aliphatic hydroxyl groups is 1. The normalized spacial score (nSPS) is 13.0. The summed E-state index contributed by atoms with van der Waals surface area (Å²) in [7, 11) is 0. The molecule has 0 radical (unpaired) electrons. The van der Waals surface area contributed by atoms with Gasteiger partial charge < -0.3 is 9.51 Å². The summed E-state index contributed by atoms with van der Waals surface area (Å²) in [5.41, 5.74) is 1.46. The molecule has 3 nitrogen and oxygen atoms in total. The average molecular weight is 174 g/mol. The van der Waals surface area contributed by atoms with Gasteiger partial charge in [0.1, 0.15) is 11.8 Å². The molecule has 2 rings (SSSR count). The second-order valence-corrected chi connectivity index (χ2v) is 2.81. The minimum atomic E-state index is -0.681. The lowest BCUT2D eigenvalue weighted by atomic mass is 10.3. The highest BCUT2D eigenvalue weighted by atomic mass is 16.3. The molecule has 0 spiro atoms. The number of pyridine rings is 1. The lowest BCUT2D eigenvalue weighted by molar-refractivity contribution is 0.225. The Kier molecular flexibility index (Phi) is 1.87. The van der Waals surface area contributed by atoms with Gasteiger partial charge in [-0.1, -0.05) is 12.1 Å². The van der Waals surface area contributed by atoms with Gasteiger partial charge in [-0.15, -0.1) is 6.58 Å². The van der Waals surface area contributed by atoms with Gasteiger partial charge in [-0.2, -0.15) is 0 Å². The van der Waals surface area contributed by atoms with Crippen LogP contribution in [0.3, 0.4) is 0 Å². The number of rotatable bonds is 2. The lowest BCUT2D eigenvalue weighted by Crippen LogP contribution is -1.91. The van der Waals surface area contributed by atoms with E-state index in [9.17, 15) is 5.11 Å². The van der Waals surface area contributed by atoms with Crippen molar-refractivity contribution in [3.05, 3.63) is 48.9 Å². The zero-order chi connectivity index (χ0) is 9.26. The maximum absolute atomic E-state index is 9.44. The molecule has 0 bridgehead atoms. The largest absolute Gasteiger partial charge is 0.383 e. The molecule has 1 unspecified atom stereocenters. The first-order valence-corrected chi connectivity index (χ1v) is 4.05. The van der Waals surface area contributed by atoms with Gasteiger partial charge in [0, 0.05) is 12.4 Å². The third-order valence-electron chi connectivity index (χ3n) is 1.91. The van der Waals surface area contributed by atoms with Crippen molar-refractivity contribution in [1.29, 1.82) is 0 Å². The predicted molar refractivity (Wildman–Crippen MR) is 50.3 cm³/mol. The number of fused-ring (bicyclic) bond motifs is 1. The average Bonchev–Trinajstić information content (AvgIpc) is 2.59. The van der Waals surface area contributed by atoms with E-state index in [0.29, 0.717) is 5.69 Å². The second kappa shape index (κ2) is 3.03. The van der Waals surface area contributed by atoms with Crippen LogP contribution < -0.4 is 0 Å². The Morgan fingerprint density at radius 3 is 3.08 bits per heavy atom. The van der Waals surface area contributed by atoms with Crippen molar-refractivity contribution >= 4 is 5.65 Å². The van der Waals surface area contributed by atoms with Crippen molar-refractivity contribution in [2.45, 2.75) is 6.10 Å². The maximum atomic E-state index is 9.44. The molecule has 13 heavy (non-hydrogen) atoms. The van der Waals surface area contributed by atoms with E-state index in [0.717, 1.165) is 5.65 Å². The topological polar surface area (TPSA) is 37.5 Å². The Bertz CT molecular complexity index is 400. The molecule has 0 aliphatic carbocycles. The molecule has 0 saturated carbocycles. The maximum Gasteiger partial charge on any atom is 0.137 e. The van der Waals surface area contributed by atoms with Gasteiger partial charge >= 0.3 is 0 Å². The zero-order valence-corrected chi connectivity index (χ0v) is 7.09. The zero-order valence-electron chi connectivity index (χ0n) is 7.09. The van der Waals surface area contributed by atoms with Crippen LogP contribution in [0.1, 0.15) is 11.8 Å². The fourth-order valence-electron chi connectivity index (χ4n) is 1.22. The summed E-state index contributed by atoms with van der Waals surface area (Å²) in [6.07, 6.45) is 4.46. The van der Waals surface area contributed by atoms with Crippen LogP contribution in [0.5, 0.6) is 0 Å². The van der Waals surface area contributed by atoms with Crippen LogP contribution >= 0.6 is 0 Å². The standard InChI is InChI=1S/C10H10N2O/c1-2-9(13)8-7-12-6-4-3-5-10(12)11-8/h2-7,9,13H,1H2. The molecular weight excluding hydrogens is 164 g/mol. The summed E-state index contributed by atoms with van der Waals surface area (Å²) in [6.45, 7) is 3.51. The minimum absolute atomic E-state index is 0.626. The van der Waals surface area contributed by atoms with E-state index in [1.807, 2.05) is 28.8 Å². The molecule has 2 heterocycles. The smallest absolute Gasteiger partial charge is 0.137 e. The van der Waals surface area contributed by atoms with E-state index in [-0.39, 0.29) is 0 Å². The fourth-order valence-corrected chi connectivity index (χ4v) is 1.22. The molecule has 1 atom stereocenters. The second-order valence-electron chi connectivity index (χ2n) is 2.81. The third-order valence-corrected chi connectivity index (χ3v) is 1.91. The van der Waals surface area contributed by atoms with Crippen LogP contribution in [0.25, 0.3) is 5.65 Å². The van der Waals surface area contributed by atoms with Crippen LogP contribution in [-0.4, -0.2) is 14.5 Å². The van der Waals surface area contributed by atoms with Gasteiger partial charge in [-0.05, 0) is 12.1 Å². The molecule has 0 saturated heterocycles. The van der Waals surface area contributed by atoms with Crippen LogP contribution in [0, 0.1) is 0 Å². The van der Waals surface area contributed by atoms with E-state index in [2.05, 4.69) is 11.6 Å². The van der Waals surface area contributed by atoms with E-state index >= 15 is 0 Å². The monoisotopic (exact) mass is 174 g/mol. The van der Waals surface area contributed by atoms with Gasteiger partial charge in [0.25, 0.3) is 0 Å². The third kappa shape index (κ3) is 1.34. The van der Waals surface area contributed by atoms with Crippen molar-refractivity contribution in [2.24, 2.45) is 0 Å².